The Labute approximate surface area is 127 Å². The summed E-state index contributed by atoms with van der Waals surface area (Å²) >= 11 is 1.69. The highest BCUT2D eigenvalue weighted by atomic mass is 32.1. The van der Waals surface area contributed by atoms with Gasteiger partial charge >= 0.3 is 5.97 Å². The van der Waals surface area contributed by atoms with Gasteiger partial charge in [0.25, 0.3) is 0 Å². The van der Waals surface area contributed by atoms with Gasteiger partial charge in [0.2, 0.25) is 0 Å². The van der Waals surface area contributed by atoms with Gasteiger partial charge in [-0.05, 0) is 24.8 Å². The van der Waals surface area contributed by atoms with Crippen molar-refractivity contribution in [2.45, 2.75) is 26.7 Å². The van der Waals surface area contributed by atoms with Crippen molar-refractivity contribution in [1.29, 1.82) is 0 Å². The summed E-state index contributed by atoms with van der Waals surface area (Å²) in [5, 5.41) is 10.4. The van der Waals surface area contributed by atoms with E-state index in [1.54, 1.807) is 17.7 Å². The number of rotatable bonds is 3. The van der Waals surface area contributed by atoms with E-state index in [9.17, 15) is 9.90 Å². The summed E-state index contributed by atoms with van der Waals surface area (Å²) in [5.41, 5.74) is 0. The smallest absolute Gasteiger partial charge is 0.308 e. The van der Waals surface area contributed by atoms with Crippen LogP contribution in [0, 0.1) is 11.8 Å². The fraction of sp³-hybridized carbons (Fsp3) is 0.533. The molecule has 1 saturated heterocycles. The van der Waals surface area contributed by atoms with E-state index in [1.807, 2.05) is 0 Å². The van der Waals surface area contributed by atoms with Crippen molar-refractivity contribution in [2.75, 3.05) is 18.0 Å². The molecular formula is C15H19N3O2S. The van der Waals surface area contributed by atoms with E-state index in [2.05, 4.69) is 34.8 Å². The maximum absolute atomic E-state index is 11.3. The minimum atomic E-state index is -0.712. The summed E-state index contributed by atoms with van der Waals surface area (Å²) < 4.78 is 0. The molecule has 5 nitrogen and oxygen atoms in total. The molecule has 1 aliphatic heterocycles. The largest absolute Gasteiger partial charge is 0.481 e. The zero-order valence-electron chi connectivity index (χ0n) is 12.2. The number of aromatic nitrogens is 2. The van der Waals surface area contributed by atoms with Crippen LogP contribution in [0.5, 0.6) is 0 Å². The Bertz CT molecular complexity index is 670. The van der Waals surface area contributed by atoms with Crippen LogP contribution in [0.2, 0.25) is 0 Å². The zero-order valence-corrected chi connectivity index (χ0v) is 13.1. The number of hydrogen-bond acceptors (Lipinski definition) is 5. The predicted molar refractivity (Wildman–Crippen MR) is 83.9 cm³/mol. The van der Waals surface area contributed by atoms with E-state index >= 15 is 0 Å². The van der Waals surface area contributed by atoms with Crippen LogP contribution in [0.25, 0.3) is 10.2 Å². The van der Waals surface area contributed by atoms with Crippen LogP contribution in [0.15, 0.2) is 12.4 Å². The SMILES string of the molecule is CCc1cc2c(N3CC(C)CC(C(=O)O)C3)ncnc2s1. The monoisotopic (exact) mass is 305 g/mol. The topological polar surface area (TPSA) is 66.3 Å². The van der Waals surface area contributed by atoms with Gasteiger partial charge < -0.3 is 10.0 Å². The number of carboxylic acids is 1. The summed E-state index contributed by atoms with van der Waals surface area (Å²) in [7, 11) is 0. The number of piperidine rings is 1. The Kier molecular flexibility index (Phi) is 3.80. The minimum Gasteiger partial charge on any atom is -0.481 e. The third-order valence-corrected chi connectivity index (χ3v) is 5.20. The van der Waals surface area contributed by atoms with Gasteiger partial charge in [0.1, 0.15) is 17.0 Å². The van der Waals surface area contributed by atoms with Crippen molar-refractivity contribution in [3.63, 3.8) is 0 Å². The molecule has 0 radical (unpaired) electrons. The summed E-state index contributed by atoms with van der Waals surface area (Å²) in [6.45, 7) is 5.61. The van der Waals surface area contributed by atoms with E-state index in [1.165, 1.54) is 4.88 Å². The molecule has 1 aliphatic rings. The number of aryl methyl sites for hydroxylation is 1. The highest BCUT2D eigenvalue weighted by Crippen LogP contribution is 2.33. The van der Waals surface area contributed by atoms with Gasteiger partial charge in [-0.2, -0.15) is 0 Å². The minimum absolute atomic E-state index is 0.317. The molecule has 0 saturated carbocycles. The van der Waals surface area contributed by atoms with Gasteiger partial charge in [0, 0.05) is 18.0 Å². The molecule has 1 N–H and O–H groups in total. The highest BCUT2D eigenvalue weighted by Gasteiger charge is 2.31. The summed E-state index contributed by atoms with van der Waals surface area (Å²) in [4.78, 5) is 24.5. The molecular weight excluding hydrogens is 286 g/mol. The first kappa shape index (κ1) is 14.3. The Morgan fingerprint density at radius 2 is 2.29 bits per heavy atom. The molecule has 2 atom stereocenters. The molecule has 0 spiro atoms. The Hall–Kier alpha value is -1.69. The van der Waals surface area contributed by atoms with Crippen molar-refractivity contribution >= 4 is 33.3 Å². The molecule has 2 aromatic rings. The highest BCUT2D eigenvalue weighted by molar-refractivity contribution is 7.18. The molecule has 2 unspecified atom stereocenters. The second kappa shape index (κ2) is 5.60. The van der Waals surface area contributed by atoms with E-state index in [0.717, 1.165) is 35.4 Å². The number of thiophene rings is 1. The van der Waals surface area contributed by atoms with E-state index < -0.39 is 5.97 Å². The predicted octanol–water partition coefficient (Wildman–Crippen LogP) is 2.80. The Balaban J connectivity index is 1.99. The second-order valence-electron chi connectivity index (χ2n) is 5.76. The number of fused-ring (bicyclic) bond motifs is 1. The Morgan fingerprint density at radius 1 is 1.48 bits per heavy atom. The molecule has 3 heterocycles. The molecule has 112 valence electrons. The van der Waals surface area contributed by atoms with Gasteiger partial charge in [-0.25, -0.2) is 9.97 Å². The molecule has 3 rings (SSSR count). The van der Waals surface area contributed by atoms with E-state index in [0.29, 0.717) is 12.5 Å². The fourth-order valence-corrected chi connectivity index (χ4v) is 3.95. The maximum Gasteiger partial charge on any atom is 0.308 e. The molecule has 2 aromatic heterocycles. The zero-order chi connectivity index (χ0) is 15.0. The fourth-order valence-electron chi connectivity index (χ4n) is 3.02. The first-order chi connectivity index (χ1) is 10.1. The summed E-state index contributed by atoms with van der Waals surface area (Å²) in [6.07, 6.45) is 3.31. The van der Waals surface area contributed by atoms with Crippen molar-refractivity contribution in [1.82, 2.24) is 9.97 Å². The number of carbonyl (C=O) groups is 1. The summed E-state index contributed by atoms with van der Waals surface area (Å²) in [5.74, 6) is 0.211. The van der Waals surface area contributed by atoms with Crippen LogP contribution in [-0.2, 0) is 11.2 Å². The molecule has 0 bridgehead atoms. The van der Waals surface area contributed by atoms with Crippen molar-refractivity contribution < 1.29 is 9.90 Å². The van der Waals surface area contributed by atoms with Gasteiger partial charge in [-0.15, -0.1) is 11.3 Å². The van der Waals surface area contributed by atoms with Crippen LogP contribution in [0.1, 0.15) is 25.1 Å². The first-order valence-corrected chi connectivity index (χ1v) is 8.11. The van der Waals surface area contributed by atoms with E-state index in [-0.39, 0.29) is 5.92 Å². The number of nitrogens with zero attached hydrogens (tertiary/aromatic N) is 3. The van der Waals surface area contributed by atoms with Crippen molar-refractivity contribution in [3.05, 3.63) is 17.3 Å². The lowest BCUT2D eigenvalue weighted by Crippen LogP contribution is -2.43. The first-order valence-electron chi connectivity index (χ1n) is 7.29. The lowest BCUT2D eigenvalue weighted by molar-refractivity contribution is -0.142. The number of hydrogen-bond donors (Lipinski definition) is 1. The maximum atomic E-state index is 11.3. The Morgan fingerprint density at radius 3 is 3.00 bits per heavy atom. The molecule has 1 fully saturated rings. The molecule has 0 aliphatic carbocycles. The molecule has 0 aromatic carbocycles. The molecule has 21 heavy (non-hydrogen) atoms. The molecule has 0 amide bonds. The summed E-state index contributed by atoms with van der Waals surface area (Å²) in [6, 6.07) is 2.14. The van der Waals surface area contributed by atoms with Gasteiger partial charge in [0.15, 0.2) is 0 Å². The normalized spacial score (nSPS) is 22.7. The average Bonchev–Trinajstić information content (AvgIpc) is 2.89. The van der Waals surface area contributed by atoms with Gasteiger partial charge in [0.05, 0.1) is 11.3 Å². The lowest BCUT2D eigenvalue weighted by Gasteiger charge is -2.35. The third kappa shape index (κ3) is 2.72. The second-order valence-corrected chi connectivity index (χ2v) is 6.88. The van der Waals surface area contributed by atoms with Crippen molar-refractivity contribution in [2.24, 2.45) is 11.8 Å². The van der Waals surface area contributed by atoms with Crippen LogP contribution in [-0.4, -0.2) is 34.1 Å². The van der Waals surface area contributed by atoms with Crippen LogP contribution < -0.4 is 4.90 Å². The molecule has 6 heteroatoms. The quantitative estimate of drug-likeness (QED) is 0.944. The standard InChI is InChI=1S/C15H19N3O2S/c1-3-11-5-12-13(16-8-17-14(12)21-11)18-6-9(2)4-10(7-18)15(19)20/h5,8-10H,3-4,6-7H2,1-2H3,(H,19,20). The van der Waals surface area contributed by atoms with Crippen LogP contribution in [0.3, 0.4) is 0 Å². The number of anilines is 1. The number of carboxylic acid groups (broad SMARTS) is 1. The van der Waals surface area contributed by atoms with Crippen LogP contribution >= 0.6 is 11.3 Å². The van der Waals surface area contributed by atoms with Crippen LogP contribution in [0.4, 0.5) is 5.82 Å². The van der Waals surface area contributed by atoms with E-state index in [4.69, 9.17) is 0 Å². The third-order valence-electron chi connectivity index (χ3n) is 4.02. The lowest BCUT2D eigenvalue weighted by atomic mass is 9.90. The van der Waals surface area contributed by atoms with Gasteiger partial charge in [-0.1, -0.05) is 13.8 Å². The van der Waals surface area contributed by atoms with Gasteiger partial charge in [-0.3, -0.25) is 4.79 Å². The average molecular weight is 305 g/mol. The van der Waals surface area contributed by atoms with Crippen molar-refractivity contribution in [3.8, 4) is 0 Å². The number of aliphatic carboxylic acids is 1.